The highest BCUT2D eigenvalue weighted by Crippen LogP contribution is 2.23. The lowest BCUT2D eigenvalue weighted by molar-refractivity contribution is 0.365. The van der Waals surface area contributed by atoms with Crippen molar-refractivity contribution in [2.45, 2.75) is 19.3 Å². The third kappa shape index (κ3) is 2.25. The highest BCUT2D eigenvalue weighted by Gasteiger charge is 2.17. The Morgan fingerprint density at radius 3 is 2.94 bits per heavy atom. The second kappa shape index (κ2) is 4.90. The first kappa shape index (κ1) is 12.0. The molecule has 0 radical (unpaired) electrons. The zero-order chi connectivity index (χ0) is 12.5. The monoisotopic (exact) mass is 263 g/mol. The van der Waals surface area contributed by atoms with E-state index >= 15 is 0 Å². The van der Waals surface area contributed by atoms with Crippen molar-refractivity contribution in [2.24, 2.45) is 13.0 Å². The lowest BCUT2D eigenvalue weighted by atomic mass is 9.94. The molecule has 0 spiro atoms. The van der Waals surface area contributed by atoms with E-state index < -0.39 is 0 Å². The molecule has 0 bridgehead atoms. The molecule has 0 atom stereocenters. The summed E-state index contributed by atoms with van der Waals surface area (Å²) in [6.07, 6.45) is 3.58. The Morgan fingerprint density at radius 1 is 1.39 bits per heavy atom. The maximum Gasteiger partial charge on any atom is 0.109 e. The molecule has 4 heteroatoms. The molecule has 0 saturated carbocycles. The van der Waals surface area contributed by atoms with Gasteiger partial charge < -0.3 is 9.88 Å². The zero-order valence-electron chi connectivity index (χ0n) is 10.6. The average molecular weight is 264 g/mol. The molecule has 2 aromatic rings. The molecular formula is C14H18ClN3. The van der Waals surface area contributed by atoms with Crippen LogP contribution in [-0.2, 0) is 13.5 Å². The Morgan fingerprint density at radius 2 is 2.17 bits per heavy atom. The molecular weight excluding hydrogens is 246 g/mol. The van der Waals surface area contributed by atoms with Gasteiger partial charge in [0, 0.05) is 18.5 Å². The van der Waals surface area contributed by atoms with Crippen LogP contribution in [0.5, 0.6) is 0 Å². The Hall–Kier alpha value is -1.06. The second-order valence-electron chi connectivity index (χ2n) is 5.12. The molecule has 3 nitrogen and oxygen atoms in total. The predicted octanol–water partition coefficient (Wildman–Crippen LogP) is 2.77. The predicted molar refractivity (Wildman–Crippen MR) is 75.0 cm³/mol. The summed E-state index contributed by atoms with van der Waals surface area (Å²) in [5.41, 5.74) is 2.18. The molecule has 1 saturated heterocycles. The van der Waals surface area contributed by atoms with Crippen LogP contribution in [0.15, 0.2) is 18.2 Å². The fourth-order valence-corrected chi connectivity index (χ4v) is 2.91. The van der Waals surface area contributed by atoms with Gasteiger partial charge in [-0.25, -0.2) is 4.98 Å². The van der Waals surface area contributed by atoms with E-state index in [9.17, 15) is 0 Å². The number of aromatic nitrogens is 2. The lowest BCUT2D eigenvalue weighted by Gasteiger charge is -2.22. The summed E-state index contributed by atoms with van der Waals surface area (Å²) >= 11 is 6.04. The number of halogens is 1. The maximum atomic E-state index is 6.04. The van der Waals surface area contributed by atoms with E-state index in [2.05, 4.69) is 16.9 Å². The van der Waals surface area contributed by atoms with E-state index in [0.717, 1.165) is 41.5 Å². The molecule has 1 N–H and O–H groups in total. The van der Waals surface area contributed by atoms with Crippen molar-refractivity contribution in [3.8, 4) is 0 Å². The normalized spacial score (nSPS) is 17.4. The Bertz CT molecular complexity index is 555. The Kier molecular flexibility index (Phi) is 3.27. The van der Waals surface area contributed by atoms with Gasteiger partial charge in [-0.05, 0) is 50.0 Å². The first-order valence-electron chi connectivity index (χ1n) is 6.55. The van der Waals surface area contributed by atoms with Gasteiger partial charge in [0.15, 0.2) is 0 Å². The van der Waals surface area contributed by atoms with Gasteiger partial charge >= 0.3 is 0 Å². The van der Waals surface area contributed by atoms with E-state index in [1.54, 1.807) is 0 Å². The number of benzene rings is 1. The van der Waals surface area contributed by atoms with Crippen molar-refractivity contribution < 1.29 is 0 Å². The molecule has 96 valence electrons. The summed E-state index contributed by atoms with van der Waals surface area (Å²) in [4.78, 5) is 4.73. The molecule has 1 aliphatic rings. The minimum atomic E-state index is 0.761. The minimum absolute atomic E-state index is 0.761. The van der Waals surface area contributed by atoms with E-state index in [-0.39, 0.29) is 0 Å². The van der Waals surface area contributed by atoms with E-state index in [4.69, 9.17) is 16.6 Å². The van der Waals surface area contributed by atoms with Gasteiger partial charge in [0.1, 0.15) is 5.82 Å². The van der Waals surface area contributed by atoms with Crippen molar-refractivity contribution in [3.05, 3.63) is 29.0 Å². The zero-order valence-corrected chi connectivity index (χ0v) is 11.4. The molecule has 0 unspecified atom stereocenters. The van der Waals surface area contributed by atoms with Crippen LogP contribution in [-0.4, -0.2) is 22.6 Å². The molecule has 2 heterocycles. The Balaban J connectivity index is 1.89. The number of piperidine rings is 1. The molecule has 1 fully saturated rings. The van der Waals surface area contributed by atoms with Gasteiger partial charge in [-0.3, -0.25) is 0 Å². The number of rotatable bonds is 2. The van der Waals surface area contributed by atoms with Gasteiger partial charge in [-0.1, -0.05) is 11.6 Å². The molecule has 0 amide bonds. The minimum Gasteiger partial charge on any atom is -0.331 e. The quantitative estimate of drug-likeness (QED) is 0.903. The van der Waals surface area contributed by atoms with Gasteiger partial charge in [-0.2, -0.15) is 0 Å². The summed E-state index contributed by atoms with van der Waals surface area (Å²) in [6, 6.07) is 5.91. The number of imidazole rings is 1. The van der Waals surface area contributed by atoms with Crippen molar-refractivity contribution in [1.29, 1.82) is 0 Å². The van der Waals surface area contributed by atoms with Crippen LogP contribution in [0.3, 0.4) is 0 Å². The van der Waals surface area contributed by atoms with E-state index in [0.29, 0.717) is 0 Å². The van der Waals surface area contributed by atoms with E-state index in [1.807, 2.05) is 18.2 Å². The molecule has 3 rings (SSSR count). The van der Waals surface area contributed by atoms with Crippen LogP contribution in [0.4, 0.5) is 0 Å². The average Bonchev–Trinajstić information content (AvgIpc) is 2.68. The number of hydrogen-bond donors (Lipinski definition) is 1. The van der Waals surface area contributed by atoms with Crippen LogP contribution >= 0.6 is 11.6 Å². The number of fused-ring (bicyclic) bond motifs is 1. The van der Waals surface area contributed by atoms with Gasteiger partial charge in [0.2, 0.25) is 0 Å². The smallest absolute Gasteiger partial charge is 0.109 e. The number of aryl methyl sites for hydroxylation is 1. The van der Waals surface area contributed by atoms with E-state index in [1.165, 1.54) is 18.7 Å². The maximum absolute atomic E-state index is 6.04. The third-order valence-corrected chi connectivity index (χ3v) is 4.10. The van der Waals surface area contributed by atoms with Crippen LogP contribution in [0.1, 0.15) is 18.7 Å². The van der Waals surface area contributed by atoms with Crippen LogP contribution < -0.4 is 5.32 Å². The largest absolute Gasteiger partial charge is 0.331 e. The molecule has 1 aromatic carbocycles. The highest BCUT2D eigenvalue weighted by atomic mass is 35.5. The van der Waals surface area contributed by atoms with Gasteiger partial charge in [0.25, 0.3) is 0 Å². The van der Waals surface area contributed by atoms with Crippen molar-refractivity contribution in [1.82, 2.24) is 14.9 Å². The van der Waals surface area contributed by atoms with Crippen LogP contribution in [0.25, 0.3) is 11.0 Å². The summed E-state index contributed by atoms with van der Waals surface area (Å²) in [6.45, 7) is 2.28. The number of nitrogens with zero attached hydrogens (tertiary/aromatic N) is 2. The van der Waals surface area contributed by atoms with Crippen molar-refractivity contribution in [3.63, 3.8) is 0 Å². The summed E-state index contributed by atoms with van der Waals surface area (Å²) in [5, 5.41) is 4.18. The second-order valence-corrected chi connectivity index (χ2v) is 5.55. The number of nitrogens with one attached hydrogen (secondary N) is 1. The highest BCUT2D eigenvalue weighted by molar-refractivity contribution is 6.31. The fourth-order valence-electron chi connectivity index (χ4n) is 2.74. The molecule has 18 heavy (non-hydrogen) atoms. The summed E-state index contributed by atoms with van der Waals surface area (Å²) < 4.78 is 2.18. The summed E-state index contributed by atoms with van der Waals surface area (Å²) in [7, 11) is 2.09. The topological polar surface area (TPSA) is 29.9 Å². The van der Waals surface area contributed by atoms with Gasteiger partial charge in [0.05, 0.1) is 11.0 Å². The molecule has 1 aliphatic heterocycles. The third-order valence-electron chi connectivity index (χ3n) is 3.87. The molecule has 0 aliphatic carbocycles. The van der Waals surface area contributed by atoms with Crippen molar-refractivity contribution in [2.75, 3.05) is 13.1 Å². The lowest BCUT2D eigenvalue weighted by Crippen LogP contribution is -2.29. The molecule has 1 aromatic heterocycles. The van der Waals surface area contributed by atoms with Crippen LogP contribution in [0, 0.1) is 5.92 Å². The van der Waals surface area contributed by atoms with Gasteiger partial charge in [-0.15, -0.1) is 0 Å². The standard InChI is InChI=1S/C14H18ClN3/c1-18-13-9-11(15)2-3-12(13)17-14(18)8-10-4-6-16-7-5-10/h2-3,9-10,16H,4-8H2,1H3. The number of hydrogen-bond acceptors (Lipinski definition) is 2. The van der Waals surface area contributed by atoms with Crippen LogP contribution in [0.2, 0.25) is 5.02 Å². The first-order valence-corrected chi connectivity index (χ1v) is 6.93. The van der Waals surface area contributed by atoms with Crippen molar-refractivity contribution >= 4 is 22.6 Å². The SMILES string of the molecule is Cn1c(CC2CCNCC2)nc2ccc(Cl)cc21. The first-order chi connectivity index (χ1) is 8.74. The summed E-state index contributed by atoms with van der Waals surface area (Å²) in [5.74, 6) is 1.94. The Labute approximate surface area is 112 Å². The fraction of sp³-hybridized carbons (Fsp3) is 0.500.